The van der Waals surface area contributed by atoms with Crippen LogP contribution in [0.1, 0.15) is 5.56 Å². The molecule has 2 aromatic carbocycles. The molecule has 4 nitrogen and oxygen atoms in total. The summed E-state index contributed by atoms with van der Waals surface area (Å²) in [6.07, 6.45) is 3.03. The van der Waals surface area contributed by atoms with Crippen LogP contribution in [-0.4, -0.2) is 19.1 Å². The van der Waals surface area contributed by atoms with Crippen molar-refractivity contribution in [3.05, 3.63) is 58.9 Å². The maximum absolute atomic E-state index is 13.1. The van der Waals surface area contributed by atoms with Crippen molar-refractivity contribution in [2.45, 2.75) is 0 Å². The molecule has 6 heteroatoms. The lowest BCUT2D eigenvalue weighted by Crippen LogP contribution is -2.15. The summed E-state index contributed by atoms with van der Waals surface area (Å²) in [5.41, 5.74) is 1.23. The highest BCUT2D eigenvalue weighted by atomic mass is 35.5. The number of halogens is 2. The zero-order valence-corrected chi connectivity index (χ0v) is 12.8. The highest BCUT2D eigenvalue weighted by molar-refractivity contribution is 6.31. The number of hydrogen-bond acceptors (Lipinski definition) is 3. The largest absolute Gasteiger partial charge is 0.486 e. The number of anilines is 1. The van der Waals surface area contributed by atoms with E-state index in [0.29, 0.717) is 30.4 Å². The van der Waals surface area contributed by atoms with Crippen molar-refractivity contribution in [3.8, 4) is 11.5 Å². The molecule has 0 unspecified atom stereocenters. The van der Waals surface area contributed by atoms with Crippen LogP contribution in [0.4, 0.5) is 10.1 Å². The molecule has 1 amide bonds. The third-order valence-electron chi connectivity index (χ3n) is 3.18. The van der Waals surface area contributed by atoms with E-state index in [9.17, 15) is 9.18 Å². The van der Waals surface area contributed by atoms with Gasteiger partial charge in [-0.2, -0.15) is 0 Å². The summed E-state index contributed by atoms with van der Waals surface area (Å²) >= 11 is 5.67. The number of carbonyl (C=O) groups excluding carboxylic acids is 1. The lowest BCUT2D eigenvalue weighted by atomic mass is 10.2. The average Bonchev–Trinajstić information content (AvgIpc) is 2.56. The second-order valence-corrected chi connectivity index (χ2v) is 5.26. The number of nitrogens with one attached hydrogen (secondary N) is 1. The van der Waals surface area contributed by atoms with E-state index in [4.69, 9.17) is 21.1 Å². The number of carbonyl (C=O) groups is 1. The Kier molecular flexibility index (Phi) is 4.48. The minimum Gasteiger partial charge on any atom is -0.486 e. The van der Waals surface area contributed by atoms with Gasteiger partial charge in [0.15, 0.2) is 11.5 Å². The normalized spacial score (nSPS) is 13.1. The summed E-state index contributed by atoms with van der Waals surface area (Å²) in [6.45, 7) is 1.04. The molecule has 0 aromatic heterocycles. The van der Waals surface area contributed by atoms with Gasteiger partial charge in [-0.05, 0) is 42.0 Å². The van der Waals surface area contributed by atoms with E-state index < -0.39 is 5.82 Å². The number of amides is 1. The van der Waals surface area contributed by atoms with Crippen molar-refractivity contribution in [3.63, 3.8) is 0 Å². The van der Waals surface area contributed by atoms with Gasteiger partial charge in [0.1, 0.15) is 19.0 Å². The quantitative estimate of drug-likeness (QED) is 0.866. The van der Waals surface area contributed by atoms with E-state index in [1.165, 1.54) is 24.3 Å². The van der Waals surface area contributed by atoms with Crippen LogP contribution in [0.5, 0.6) is 11.5 Å². The molecule has 1 heterocycles. The van der Waals surface area contributed by atoms with Crippen LogP contribution < -0.4 is 14.8 Å². The first-order chi connectivity index (χ1) is 11.1. The molecule has 0 atom stereocenters. The number of rotatable bonds is 3. The Bertz CT molecular complexity index is 776. The first-order valence-corrected chi connectivity index (χ1v) is 7.33. The van der Waals surface area contributed by atoms with Crippen LogP contribution in [0, 0.1) is 5.82 Å². The minimum absolute atomic E-state index is 0.0429. The molecule has 0 saturated heterocycles. The van der Waals surface area contributed by atoms with Crippen molar-refractivity contribution in [2.75, 3.05) is 18.5 Å². The van der Waals surface area contributed by atoms with Gasteiger partial charge in [-0.25, -0.2) is 4.39 Å². The van der Waals surface area contributed by atoms with Gasteiger partial charge >= 0.3 is 0 Å². The van der Waals surface area contributed by atoms with E-state index in [1.807, 2.05) is 6.07 Å². The molecule has 2 aromatic rings. The number of ether oxygens (including phenoxy) is 2. The molecule has 1 aliphatic rings. The molecular formula is C17H13ClFNO3. The maximum atomic E-state index is 13.1. The van der Waals surface area contributed by atoms with E-state index >= 15 is 0 Å². The fraction of sp³-hybridized carbons (Fsp3) is 0.118. The van der Waals surface area contributed by atoms with Gasteiger partial charge in [-0.15, -0.1) is 0 Å². The summed E-state index contributed by atoms with van der Waals surface area (Å²) in [5.74, 6) is 0.474. The highest BCUT2D eigenvalue weighted by Gasteiger charge is 2.10. The Hall–Kier alpha value is -2.53. The van der Waals surface area contributed by atoms with Gasteiger partial charge in [0.2, 0.25) is 5.91 Å². The third-order valence-corrected chi connectivity index (χ3v) is 3.47. The molecule has 0 bridgehead atoms. The SMILES string of the molecule is O=C(C=Cc1ccc2c(c1)OCCO2)Nc1ccc(F)c(Cl)c1. The van der Waals surface area contributed by atoms with Crippen LogP contribution in [0.15, 0.2) is 42.5 Å². The predicted octanol–water partition coefficient (Wildman–Crippen LogP) is 3.90. The van der Waals surface area contributed by atoms with Gasteiger partial charge in [0.25, 0.3) is 0 Å². The van der Waals surface area contributed by atoms with Crippen molar-refractivity contribution in [2.24, 2.45) is 0 Å². The fourth-order valence-corrected chi connectivity index (χ4v) is 2.27. The maximum Gasteiger partial charge on any atom is 0.248 e. The van der Waals surface area contributed by atoms with Crippen molar-refractivity contribution in [1.82, 2.24) is 0 Å². The lowest BCUT2D eigenvalue weighted by Gasteiger charge is -2.18. The minimum atomic E-state index is -0.531. The summed E-state index contributed by atoms with van der Waals surface area (Å²) in [5, 5.41) is 2.57. The molecule has 3 rings (SSSR count). The predicted molar refractivity (Wildman–Crippen MR) is 86.5 cm³/mol. The lowest BCUT2D eigenvalue weighted by molar-refractivity contribution is -0.111. The molecule has 0 aliphatic carbocycles. The van der Waals surface area contributed by atoms with E-state index in [0.717, 1.165) is 5.56 Å². The Morgan fingerprint density at radius 1 is 1.13 bits per heavy atom. The van der Waals surface area contributed by atoms with Crippen LogP contribution in [0.25, 0.3) is 6.08 Å². The molecule has 118 valence electrons. The molecule has 1 aliphatic heterocycles. The molecule has 0 radical (unpaired) electrons. The highest BCUT2D eigenvalue weighted by Crippen LogP contribution is 2.31. The molecule has 23 heavy (non-hydrogen) atoms. The Balaban J connectivity index is 1.67. The van der Waals surface area contributed by atoms with Gasteiger partial charge in [-0.3, -0.25) is 4.79 Å². The topological polar surface area (TPSA) is 47.6 Å². The number of fused-ring (bicyclic) bond motifs is 1. The zero-order chi connectivity index (χ0) is 16.2. The van der Waals surface area contributed by atoms with E-state index in [1.54, 1.807) is 18.2 Å². The summed E-state index contributed by atoms with van der Waals surface area (Å²) in [4.78, 5) is 11.9. The second-order valence-electron chi connectivity index (χ2n) is 4.85. The molecular weight excluding hydrogens is 321 g/mol. The number of hydrogen-bond donors (Lipinski definition) is 1. The zero-order valence-electron chi connectivity index (χ0n) is 12.0. The molecule has 0 saturated carbocycles. The van der Waals surface area contributed by atoms with Crippen molar-refractivity contribution < 1.29 is 18.7 Å². The second kappa shape index (κ2) is 6.71. The molecule has 0 spiro atoms. The van der Waals surface area contributed by atoms with Crippen LogP contribution in [-0.2, 0) is 4.79 Å². The Morgan fingerprint density at radius 3 is 2.70 bits per heavy atom. The summed E-state index contributed by atoms with van der Waals surface area (Å²) < 4.78 is 24.0. The fourth-order valence-electron chi connectivity index (χ4n) is 2.09. The standard InChI is InChI=1S/C17H13ClFNO3/c18-13-10-12(3-4-14(13)19)20-17(21)6-2-11-1-5-15-16(9-11)23-8-7-22-15/h1-6,9-10H,7-8H2,(H,20,21). The van der Waals surface area contributed by atoms with Crippen molar-refractivity contribution in [1.29, 1.82) is 0 Å². The van der Waals surface area contributed by atoms with E-state index in [2.05, 4.69) is 5.32 Å². The van der Waals surface area contributed by atoms with Crippen LogP contribution in [0.2, 0.25) is 5.02 Å². The van der Waals surface area contributed by atoms with Gasteiger partial charge in [-0.1, -0.05) is 17.7 Å². The smallest absolute Gasteiger partial charge is 0.248 e. The van der Waals surface area contributed by atoms with Gasteiger partial charge in [0, 0.05) is 11.8 Å². The Morgan fingerprint density at radius 2 is 1.91 bits per heavy atom. The van der Waals surface area contributed by atoms with Crippen LogP contribution >= 0.6 is 11.6 Å². The first-order valence-electron chi connectivity index (χ1n) is 6.95. The van der Waals surface area contributed by atoms with Gasteiger partial charge < -0.3 is 14.8 Å². The monoisotopic (exact) mass is 333 g/mol. The summed E-state index contributed by atoms with van der Waals surface area (Å²) in [7, 11) is 0. The Labute approximate surface area is 137 Å². The first kappa shape index (κ1) is 15.4. The van der Waals surface area contributed by atoms with Crippen LogP contribution in [0.3, 0.4) is 0 Å². The summed E-state index contributed by atoms with van der Waals surface area (Å²) in [6, 6.07) is 9.41. The van der Waals surface area contributed by atoms with Gasteiger partial charge in [0.05, 0.1) is 5.02 Å². The third kappa shape index (κ3) is 3.81. The van der Waals surface area contributed by atoms with E-state index in [-0.39, 0.29) is 10.9 Å². The molecule has 1 N–H and O–H groups in total. The average molecular weight is 334 g/mol. The molecule has 0 fully saturated rings. The van der Waals surface area contributed by atoms with Crippen molar-refractivity contribution >= 4 is 29.3 Å². The number of benzene rings is 2.